The molecule has 0 radical (unpaired) electrons. The fourth-order valence-electron chi connectivity index (χ4n) is 18.6. The first-order valence-electron chi connectivity index (χ1n) is 40.7. The third-order valence-electron chi connectivity index (χ3n) is 23.1. The Hall–Kier alpha value is -13.4. The fraction of sp³-hybridized carbons (Fsp3) is 0. The van der Waals surface area contributed by atoms with E-state index in [1.807, 2.05) is 0 Å². The first kappa shape index (κ1) is 52.6. The summed E-state index contributed by atoms with van der Waals surface area (Å²) >= 11 is 3.61. The van der Waals surface area contributed by atoms with Crippen molar-refractivity contribution in [1.82, 2.24) is 4.57 Å². The molecule has 0 aliphatic carbocycles. The molecular weight excluding hydrogens is 1340 g/mol. The van der Waals surface area contributed by atoms with Crippen molar-refractivity contribution in [3.8, 4) is 50.2 Å². The van der Waals surface area contributed by atoms with Crippen LogP contribution in [-0.2, 0) is 0 Å². The van der Waals surface area contributed by atoms with Gasteiger partial charge < -0.3 is 14.4 Å². The first-order chi connectivity index (χ1) is 56.9. The molecule has 0 atom stereocenters. The van der Waals surface area contributed by atoms with Crippen LogP contribution in [-0.4, -0.2) is 11.3 Å². The van der Waals surface area contributed by atoms with Gasteiger partial charge in [0.25, 0.3) is 6.71 Å². The Balaban J connectivity index is 0.929. The highest BCUT2D eigenvalue weighted by molar-refractivity contribution is 7.26. The lowest BCUT2D eigenvalue weighted by Gasteiger charge is -2.46. The minimum absolute atomic E-state index is 0.00499. The van der Waals surface area contributed by atoms with Crippen LogP contribution in [0, 0.1) is 0 Å². The van der Waals surface area contributed by atoms with Crippen LogP contribution in [0.25, 0.3) is 177 Å². The molecule has 0 N–H and O–H groups in total. The van der Waals surface area contributed by atoms with Crippen LogP contribution in [0.15, 0.2) is 364 Å². The molecule has 3 nitrogen and oxygen atoms in total. The van der Waals surface area contributed by atoms with Crippen LogP contribution in [0.3, 0.4) is 0 Å². The molecule has 2 aliphatic heterocycles. The smallest absolute Gasteiger partial charge is 0.252 e. The number of hydrogen-bond donors (Lipinski definition) is 0. The molecule has 19 aromatic carbocycles. The van der Waals surface area contributed by atoms with Crippen molar-refractivity contribution in [2.75, 3.05) is 9.80 Å². The molecule has 2 aliphatic rings. The molecule has 0 saturated heterocycles. The third-order valence-corrected chi connectivity index (χ3v) is 25.4. The van der Waals surface area contributed by atoms with Gasteiger partial charge in [0.1, 0.15) is 0 Å². The van der Waals surface area contributed by atoms with Gasteiger partial charge in [-0.25, -0.2) is 0 Å². The van der Waals surface area contributed by atoms with E-state index in [4.69, 9.17) is 0 Å². The molecule has 0 bridgehead atoms. The first-order valence-corrected chi connectivity index (χ1v) is 38.3. The Kier molecular flexibility index (Phi) is 11.2. The van der Waals surface area contributed by atoms with Crippen LogP contribution in [0.4, 0.5) is 34.1 Å². The summed E-state index contributed by atoms with van der Waals surface area (Å²) in [5.41, 5.74) is 17.2. The largest absolute Gasteiger partial charge is 0.310 e. The number of nitrogens with zero attached hydrogens (tertiary/aromatic N) is 3. The van der Waals surface area contributed by atoms with Crippen molar-refractivity contribution >= 4 is 207 Å². The van der Waals surface area contributed by atoms with E-state index in [0.717, 1.165) is 189 Å². The molecule has 498 valence electrons. The molecule has 3 aromatic heterocycles. The minimum atomic E-state index is -0.528. The maximum absolute atomic E-state index is 10.3. The highest BCUT2D eigenvalue weighted by atomic mass is 32.1. The number of benzene rings is 19. The zero-order valence-electron chi connectivity index (χ0n) is 65.8. The second-order valence-corrected chi connectivity index (χ2v) is 30.8. The van der Waals surface area contributed by atoms with E-state index >= 15 is 0 Å². The number of thiophene rings is 2. The number of fused-ring (bicyclic) bond motifs is 21. The predicted octanol–water partition coefficient (Wildman–Crippen LogP) is 27.2. The Morgan fingerprint density at radius 2 is 0.630 bits per heavy atom. The maximum atomic E-state index is 10.3. The van der Waals surface area contributed by atoms with Crippen LogP contribution in [0.5, 0.6) is 0 Å². The highest BCUT2D eigenvalue weighted by Crippen LogP contribution is 2.57. The predicted molar refractivity (Wildman–Crippen MR) is 467 cm³/mol. The monoisotopic (exact) mass is 1410 g/mol. The summed E-state index contributed by atoms with van der Waals surface area (Å²) in [7, 11) is 0. The minimum Gasteiger partial charge on any atom is -0.310 e. The zero-order chi connectivity index (χ0) is 77.4. The summed E-state index contributed by atoms with van der Waals surface area (Å²) in [6.45, 7) is -0.528. The molecule has 0 spiro atoms. The summed E-state index contributed by atoms with van der Waals surface area (Å²) in [5, 5.41) is 17.3. The molecule has 108 heavy (non-hydrogen) atoms. The average molecular weight is 1410 g/mol. The van der Waals surface area contributed by atoms with Crippen molar-refractivity contribution in [2.45, 2.75) is 0 Å². The van der Waals surface area contributed by atoms with E-state index in [1.54, 1.807) is 27.2 Å². The van der Waals surface area contributed by atoms with Crippen molar-refractivity contribution < 1.29 is 11.0 Å². The summed E-state index contributed by atoms with van der Waals surface area (Å²) < 4.78 is 84.7. The number of para-hydroxylation sites is 2. The molecule has 0 amide bonds. The lowest BCUT2D eigenvalue weighted by atomic mass is 9.33. The van der Waals surface area contributed by atoms with Gasteiger partial charge in [-0.1, -0.05) is 291 Å². The molecule has 0 saturated carbocycles. The van der Waals surface area contributed by atoms with Crippen LogP contribution in [0.2, 0.25) is 0 Å². The van der Waals surface area contributed by atoms with E-state index in [1.165, 1.54) is 10.8 Å². The molecule has 22 aromatic rings. The quantitative estimate of drug-likeness (QED) is 0.116. The van der Waals surface area contributed by atoms with Gasteiger partial charge in [-0.3, -0.25) is 0 Å². The van der Waals surface area contributed by atoms with Crippen molar-refractivity contribution in [1.29, 1.82) is 0 Å². The molecule has 6 heteroatoms. The Morgan fingerprint density at radius 1 is 0.259 bits per heavy atom. The maximum Gasteiger partial charge on any atom is 0.252 e. The molecule has 0 fully saturated rings. The van der Waals surface area contributed by atoms with Crippen LogP contribution < -0.4 is 26.2 Å². The standard InChI is InChI=1S/C102H60BN3S2/c1-3-27-63(28-4-1)98-78-41-15-11-35-72(78)74-37-13-17-43-80(74)101(98)105-90-57-84-82-53-65(70-45-23-31-61-25-7-9-33-68(61)70)49-51-94(82)107-96(84)59-86(90)103-87-60-97-85(83-54-66(50-52-95(83)108-97)71-46-24-32-62-26-8-10-34-69(62)71)58-91(87)106(102-81-44-18-14-38-75(81)73-36-12-16-42-79(73)99(102)64-29-5-2-6-30-64)93-56-67(55-92(105)100(93)103)104-88-47-21-19-39-76(88)77-40-20-22-48-89(77)104/h1-60H/i19D,20D,21D,22D,39D,40D,47D,48D. The Labute approximate surface area is 641 Å². The van der Waals surface area contributed by atoms with Crippen LogP contribution >= 0.6 is 22.7 Å². The van der Waals surface area contributed by atoms with E-state index in [-0.39, 0.29) is 33.9 Å². The van der Waals surface area contributed by atoms with Gasteiger partial charge in [0, 0.05) is 95.8 Å². The second kappa shape index (κ2) is 23.1. The normalized spacial score (nSPS) is 13.8. The summed E-state index contributed by atoms with van der Waals surface area (Å²) in [6, 6.07) is 111. The van der Waals surface area contributed by atoms with Gasteiger partial charge in [0.05, 0.1) is 39.1 Å². The van der Waals surface area contributed by atoms with Gasteiger partial charge in [0.2, 0.25) is 0 Å². The second-order valence-electron chi connectivity index (χ2n) is 28.6. The molecular formula is C102H60BN3S2. The van der Waals surface area contributed by atoms with Gasteiger partial charge in [0.15, 0.2) is 0 Å². The Bertz CT molecular complexity index is 7700. The molecule has 5 heterocycles. The van der Waals surface area contributed by atoms with E-state index < -0.39 is 43.0 Å². The van der Waals surface area contributed by atoms with Gasteiger partial charge in [-0.15, -0.1) is 22.7 Å². The van der Waals surface area contributed by atoms with Crippen molar-refractivity contribution in [3.63, 3.8) is 0 Å². The number of aromatic nitrogens is 1. The lowest BCUT2D eigenvalue weighted by Crippen LogP contribution is -2.61. The van der Waals surface area contributed by atoms with Crippen LogP contribution in [0.1, 0.15) is 11.0 Å². The average Bonchev–Trinajstić information content (AvgIpc) is 1.08. The van der Waals surface area contributed by atoms with Crippen molar-refractivity contribution in [3.05, 3.63) is 364 Å². The van der Waals surface area contributed by atoms with Gasteiger partial charge >= 0.3 is 0 Å². The SMILES string of the molecule is [2H]c1c([2H])c([2H])c2c(c1[2H])c1c([2H])c([2H])c([2H])c([2H])c1n2-c1cc2c3c(c1)N(c1c(-c4ccccc4)c4ccccc4c4ccccc14)c1cc4c(cc1B3c1cc3sc5ccc(-c6cccc7ccccc67)cc5c3cc1N2c1c(-c2ccccc2)c2ccccc2c2ccccc12)sc1ccc(-c2cccc3ccccc23)cc14. The number of anilines is 6. The molecule has 24 rings (SSSR count). The van der Waals surface area contributed by atoms with Gasteiger partial charge in [-0.05, 0) is 176 Å². The van der Waals surface area contributed by atoms with E-state index in [0.29, 0.717) is 5.69 Å². The molecule has 0 unspecified atom stereocenters. The van der Waals surface area contributed by atoms with Gasteiger partial charge in [-0.2, -0.15) is 0 Å². The van der Waals surface area contributed by atoms with E-state index in [2.05, 4.69) is 325 Å². The van der Waals surface area contributed by atoms with Crippen molar-refractivity contribution in [2.24, 2.45) is 0 Å². The summed E-state index contributed by atoms with van der Waals surface area (Å²) in [4.78, 5) is 5.02. The number of rotatable bonds is 7. The highest BCUT2D eigenvalue weighted by Gasteiger charge is 2.46. The third kappa shape index (κ3) is 8.61. The zero-order valence-corrected chi connectivity index (χ0v) is 59.4. The van der Waals surface area contributed by atoms with E-state index in [9.17, 15) is 11.0 Å². The summed E-state index contributed by atoms with van der Waals surface area (Å²) in [6.07, 6.45) is 0. The lowest BCUT2D eigenvalue weighted by molar-refractivity contribution is 1.16. The fourth-order valence-corrected chi connectivity index (χ4v) is 20.8. The Morgan fingerprint density at radius 3 is 1.08 bits per heavy atom. The summed E-state index contributed by atoms with van der Waals surface area (Å²) in [5.74, 6) is 0. The topological polar surface area (TPSA) is 11.4 Å². The number of hydrogen-bond acceptors (Lipinski definition) is 4.